The van der Waals surface area contributed by atoms with Gasteiger partial charge in [-0.05, 0) is 41.5 Å². The van der Waals surface area contributed by atoms with Crippen molar-refractivity contribution >= 4 is 40.1 Å². The number of carbonyl (C=O) groups is 1. The number of anilines is 1. The lowest BCUT2D eigenvalue weighted by Crippen LogP contribution is -2.13. The molecule has 5 nitrogen and oxygen atoms in total. The summed E-state index contributed by atoms with van der Waals surface area (Å²) >= 11 is 7.37. The average Bonchev–Trinajstić information content (AvgIpc) is 3.13. The number of nitrogens with zero attached hydrogens (tertiary/aromatic N) is 2. The molecule has 1 N–H and O–H groups in total. The second kappa shape index (κ2) is 9.18. The minimum absolute atomic E-state index is 0.00300. The number of thiazole rings is 1. The largest absolute Gasteiger partial charge is 0.497 e. The fourth-order valence-electron chi connectivity index (χ4n) is 2.47. The van der Waals surface area contributed by atoms with E-state index in [1.807, 2.05) is 30.3 Å². The van der Waals surface area contributed by atoms with E-state index in [-0.39, 0.29) is 5.57 Å². The molecule has 1 heterocycles. The summed E-state index contributed by atoms with van der Waals surface area (Å²) in [6.07, 6.45) is 3.90. The third kappa shape index (κ3) is 5.19. The number of carbonyl (C=O) groups excluding carboxylic acids is 1. The van der Waals surface area contributed by atoms with E-state index < -0.39 is 5.91 Å². The van der Waals surface area contributed by atoms with Gasteiger partial charge >= 0.3 is 0 Å². The summed E-state index contributed by atoms with van der Waals surface area (Å²) < 4.78 is 5.10. The first kappa shape index (κ1) is 19.6. The number of ether oxygens (including phenoxy) is 1. The van der Waals surface area contributed by atoms with Crippen molar-refractivity contribution in [3.05, 3.63) is 81.3 Å². The van der Waals surface area contributed by atoms with Crippen molar-refractivity contribution in [2.75, 3.05) is 12.4 Å². The van der Waals surface area contributed by atoms with Gasteiger partial charge in [-0.1, -0.05) is 35.9 Å². The van der Waals surface area contributed by atoms with Crippen molar-refractivity contribution in [1.29, 1.82) is 5.26 Å². The Bertz CT molecular complexity index is 1050. The third-order valence-corrected chi connectivity index (χ3v) is 4.98. The summed E-state index contributed by atoms with van der Waals surface area (Å²) in [5.41, 5.74) is 1.79. The molecule has 0 radical (unpaired) electrons. The van der Waals surface area contributed by atoms with Crippen LogP contribution in [-0.4, -0.2) is 18.0 Å². The first-order valence-electron chi connectivity index (χ1n) is 8.34. The van der Waals surface area contributed by atoms with E-state index in [1.54, 1.807) is 37.6 Å². The molecule has 0 saturated heterocycles. The van der Waals surface area contributed by atoms with E-state index in [2.05, 4.69) is 10.3 Å². The van der Waals surface area contributed by atoms with E-state index in [0.717, 1.165) is 16.0 Å². The molecule has 0 fully saturated rings. The second-order valence-corrected chi connectivity index (χ2v) is 7.39. The van der Waals surface area contributed by atoms with Gasteiger partial charge in [0.15, 0.2) is 5.13 Å². The number of hydrogen-bond acceptors (Lipinski definition) is 5. The molecule has 140 valence electrons. The van der Waals surface area contributed by atoms with Gasteiger partial charge in [0.05, 0.1) is 7.11 Å². The van der Waals surface area contributed by atoms with Crippen molar-refractivity contribution in [1.82, 2.24) is 4.98 Å². The fourth-order valence-corrected chi connectivity index (χ4v) is 3.53. The van der Waals surface area contributed by atoms with E-state index >= 15 is 0 Å². The molecule has 1 aromatic heterocycles. The number of halogens is 1. The van der Waals surface area contributed by atoms with Gasteiger partial charge in [-0.3, -0.25) is 10.1 Å². The first-order valence-corrected chi connectivity index (χ1v) is 9.53. The van der Waals surface area contributed by atoms with Gasteiger partial charge in [0, 0.05) is 22.5 Å². The molecule has 0 aliphatic rings. The van der Waals surface area contributed by atoms with Crippen LogP contribution in [0.4, 0.5) is 5.13 Å². The van der Waals surface area contributed by atoms with Gasteiger partial charge in [0.1, 0.15) is 17.4 Å². The number of nitriles is 1. The molecule has 7 heteroatoms. The fraction of sp³-hybridized carbons (Fsp3) is 0.0952. The summed E-state index contributed by atoms with van der Waals surface area (Å²) in [4.78, 5) is 17.6. The maximum absolute atomic E-state index is 12.4. The minimum Gasteiger partial charge on any atom is -0.497 e. The van der Waals surface area contributed by atoms with Gasteiger partial charge in [-0.15, -0.1) is 11.3 Å². The molecule has 0 unspecified atom stereocenters. The zero-order valence-electron chi connectivity index (χ0n) is 15.0. The van der Waals surface area contributed by atoms with E-state index in [0.29, 0.717) is 22.3 Å². The Morgan fingerprint density at radius 1 is 1.32 bits per heavy atom. The quantitative estimate of drug-likeness (QED) is 0.462. The molecule has 0 aliphatic heterocycles. The molecular weight excluding hydrogens is 394 g/mol. The number of hydrogen-bond donors (Lipinski definition) is 1. The zero-order chi connectivity index (χ0) is 19.9. The summed E-state index contributed by atoms with van der Waals surface area (Å²) in [6.45, 7) is 0. The van der Waals surface area contributed by atoms with E-state index in [9.17, 15) is 10.1 Å². The Labute approximate surface area is 171 Å². The van der Waals surface area contributed by atoms with Crippen LogP contribution in [0.2, 0.25) is 5.02 Å². The van der Waals surface area contributed by atoms with Crippen molar-refractivity contribution in [2.45, 2.75) is 6.42 Å². The molecule has 0 aliphatic carbocycles. The standard InChI is InChI=1S/C21H16ClN3O2S/c1-27-18-7-5-14(6-8-18)9-16(12-23)20(26)25-21-24-13-19(28-21)11-15-3-2-4-17(22)10-15/h2-10,13H,11H2,1H3,(H,24,25,26)/b16-9+. The number of methoxy groups -OCH3 is 1. The molecule has 3 rings (SSSR count). The highest BCUT2D eigenvalue weighted by Crippen LogP contribution is 2.23. The van der Waals surface area contributed by atoms with Crippen molar-refractivity contribution < 1.29 is 9.53 Å². The van der Waals surface area contributed by atoms with Crippen LogP contribution in [0.3, 0.4) is 0 Å². The Morgan fingerprint density at radius 3 is 2.79 bits per heavy atom. The molecule has 0 saturated carbocycles. The smallest absolute Gasteiger partial charge is 0.268 e. The van der Waals surface area contributed by atoms with Crippen LogP contribution in [0.1, 0.15) is 16.0 Å². The van der Waals surface area contributed by atoms with Gasteiger partial charge in [0.25, 0.3) is 5.91 Å². The molecule has 28 heavy (non-hydrogen) atoms. The lowest BCUT2D eigenvalue weighted by atomic mass is 10.1. The number of amides is 1. The summed E-state index contributed by atoms with van der Waals surface area (Å²) in [5, 5.41) is 13.1. The van der Waals surface area contributed by atoms with Crippen LogP contribution in [0.15, 0.2) is 60.3 Å². The molecule has 0 bridgehead atoms. The first-order chi connectivity index (χ1) is 13.6. The summed E-state index contributed by atoms with van der Waals surface area (Å²) in [6, 6.07) is 16.6. The maximum atomic E-state index is 12.4. The van der Waals surface area contributed by atoms with Crippen LogP contribution >= 0.6 is 22.9 Å². The molecular formula is C21H16ClN3O2S. The Morgan fingerprint density at radius 2 is 2.11 bits per heavy atom. The van der Waals surface area contributed by atoms with E-state index in [1.165, 1.54) is 17.4 Å². The van der Waals surface area contributed by atoms with Crippen molar-refractivity contribution in [2.24, 2.45) is 0 Å². The van der Waals surface area contributed by atoms with Gasteiger partial charge in [-0.2, -0.15) is 5.26 Å². The summed E-state index contributed by atoms with van der Waals surface area (Å²) in [7, 11) is 1.58. The lowest BCUT2D eigenvalue weighted by Gasteiger charge is -2.02. The van der Waals surface area contributed by atoms with Crippen molar-refractivity contribution in [3.63, 3.8) is 0 Å². The molecule has 3 aromatic rings. The Balaban J connectivity index is 1.68. The topological polar surface area (TPSA) is 75.0 Å². The monoisotopic (exact) mass is 409 g/mol. The number of nitrogens with one attached hydrogen (secondary N) is 1. The predicted octanol–water partition coefficient (Wildman–Crippen LogP) is 4.94. The molecule has 2 aromatic carbocycles. The third-order valence-electron chi connectivity index (χ3n) is 3.83. The van der Waals surface area contributed by atoms with Crippen LogP contribution in [0.5, 0.6) is 5.75 Å². The highest BCUT2D eigenvalue weighted by atomic mass is 35.5. The molecule has 1 amide bonds. The zero-order valence-corrected chi connectivity index (χ0v) is 16.6. The normalized spacial score (nSPS) is 11.0. The predicted molar refractivity (Wildman–Crippen MR) is 112 cm³/mol. The number of rotatable bonds is 6. The summed E-state index contributed by atoms with van der Waals surface area (Å²) in [5.74, 6) is 0.206. The highest BCUT2D eigenvalue weighted by Gasteiger charge is 2.12. The Kier molecular flexibility index (Phi) is 6.43. The Hall–Kier alpha value is -3.14. The average molecular weight is 410 g/mol. The second-order valence-electron chi connectivity index (χ2n) is 5.84. The van der Waals surface area contributed by atoms with Crippen LogP contribution in [0, 0.1) is 11.3 Å². The molecule has 0 spiro atoms. The van der Waals surface area contributed by atoms with Gasteiger partial charge < -0.3 is 4.74 Å². The van der Waals surface area contributed by atoms with Crippen LogP contribution < -0.4 is 10.1 Å². The number of benzene rings is 2. The van der Waals surface area contributed by atoms with Crippen LogP contribution in [0.25, 0.3) is 6.08 Å². The van der Waals surface area contributed by atoms with Gasteiger partial charge in [0.2, 0.25) is 0 Å². The maximum Gasteiger partial charge on any atom is 0.268 e. The van der Waals surface area contributed by atoms with Gasteiger partial charge in [-0.25, -0.2) is 4.98 Å². The van der Waals surface area contributed by atoms with Crippen LogP contribution in [-0.2, 0) is 11.2 Å². The highest BCUT2D eigenvalue weighted by molar-refractivity contribution is 7.15. The lowest BCUT2D eigenvalue weighted by molar-refractivity contribution is -0.112. The van der Waals surface area contributed by atoms with Crippen molar-refractivity contribution in [3.8, 4) is 11.8 Å². The number of aromatic nitrogens is 1. The minimum atomic E-state index is -0.498. The molecule has 0 atom stereocenters. The van der Waals surface area contributed by atoms with E-state index in [4.69, 9.17) is 16.3 Å². The SMILES string of the molecule is COc1ccc(/C=C(\C#N)C(=O)Nc2ncc(Cc3cccc(Cl)c3)s2)cc1.